The number of phenols is 2. The molecule has 0 aliphatic carbocycles. The van der Waals surface area contributed by atoms with Gasteiger partial charge in [-0.05, 0) is 48.9 Å². The molecule has 2 N–H and O–H groups in total. The summed E-state index contributed by atoms with van der Waals surface area (Å²) in [6.07, 6.45) is -0.429. The van der Waals surface area contributed by atoms with Gasteiger partial charge in [-0.3, -0.25) is 0 Å². The zero-order valence-corrected chi connectivity index (χ0v) is 11.5. The number of carbonyl (C=O) groups excluding carboxylic acids is 1. The van der Waals surface area contributed by atoms with Crippen LogP contribution >= 0.6 is 0 Å². The fourth-order valence-corrected chi connectivity index (χ4v) is 1.73. The SMILES string of the molecule is CC(OC(=O)COc1ccc(O)cc1)c1ccc(O)cc1. The van der Waals surface area contributed by atoms with Crippen molar-refractivity contribution in [3.63, 3.8) is 0 Å². The smallest absolute Gasteiger partial charge is 0.344 e. The van der Waals surface area contributed by atoms with E-state index in [1.54, 1.807) is 31.2 Å². The van der Waals surface area contributed by atoms with Crippen LogP contribution in [0.4, 0.5) is 0 Å². The third-order valence-electron chi connectivity index (χ3n) is 2.86. The van der Waals surface area contributed by atoms with Crippen molar-refractivity contribution in [2.45, 2.75) is 13.0 Å². The Kier molecular flexibility index (Phi) is 4.66. The van der Waals surface area contributed by atoms with E-state index in [0.717, 1.165) is 5.56 Å². The van der Waals surface area contributed by atoms with Crippen molar-refractivity contribution in [1.29, 1.82) is 0 Å². The number of hydrogen-bond donors (Lipinski definition) is 2. The number of rotatable bonds is 5. The first-order valence-electron chi connectivity index (χ1n) is 6.45. The van der Waals surface area contributed by atoms with Crippen LogP contribution in [0.5, 0.6) is 17.2 Å². The lowest BCUT2D eigenvalue weighted by atomic mass is 10.1. The molecule has 0 saturated carbocycles. The lowest BCUT2D eigenvalue weighted by Crippen LogP contribution is -2.16. The molecule has 0 radical (unpaired) electrons. The number of ether oxygens (including phenoxy) is 2. The van der Waals surface area contributed by atoms with Gasteiger partial charge in [-0.25, -0.2) is 4.79 Å². The average Bonchev–Trinajstić information content (AvgIpc) is 2.47. The van der Waals surface area contributed by atoms with Gasteiger partial charge in [0.05, 0.1) is 0 Å². The van der Waals surface area contributed by atoms with Crippen LogP contribution in [0.1, 0.15) is 18.6 Å². The Labute approximate surface area is 122 Å². The second kappa shape index (κ2) is 6.65. The summed E-state index contributed by atoms with van der Waals surface area (Å²) in [4.78, 5) is 11.7. The van der Waals surface area contributed by atoms with E-state index in [4.69, 9.17) is 14.6 Å². The molecule has 0 heterocycles. The van der Waals surface area contributed by atoms with E-state index in [1.165, 1.54) is 24.3 Å². The van der Waals surface area contributed by atoms with Crippen LogP contribution in [-0.2, 0) is 9.53 Å². The molecule has 0 aliphatic heterocycles. The van der Waals surface area contributed by atoms with Crippen molar-refractivity contribution in [3.05, 3.63) is 54.1 Å². The highest BCUT2D eigenvalue weighted by atomic mass is 16.6. The van der Waals surface area contributed by atoms with Crippen LogP contribution in [-0.4, -0.2) is 22.8 Å². The fraction of sp³-hybridized carbons (Fsp3) is 0.188. The highest BCUT2D eigenvalue weighted by Crippen LogP contribution is 2.20. The van der Waals surface area contributed by atoms with E-state index in [2.05, 4.69) is 0 Å². The van der Waals surface area contributed by atoms with Gasteiger partial charge in [0, 0.05) is 0 Å². The number of esters is 1. The van der Waals surface area contributed by atoms with Crippen molar-refractivity contribution < 1.29 is 24.5 Å². The average molecular weight is 288 g/mol. The number of carbonyl (C=O) groups is 1. The normalized spacial score (nSPS) is 11.7. The summed E-state index contributed by atoms with van der Waals surface area (Å²) in [6.45, 7) is 1.53. The molecule has 1 atom stereocenters. The summed E-state index contributed by atoms with van der Waals surface area (Å²) in [7, 11) is 0. The third kappa shape index (κ3) is 4.42. The lowest BCUT2D eigenvalue weighted by Gasteiger charge is -2.14. The highest BCUT2D eigenvalue weighted by molar-refractivity contribution is 5.71. The van der Waals surface area contributed by atoms with E-state index in [0.29, 0.717) is 5.75 Å². The molecule has 2 aromatic rings. The first-order valence-corrected chi connectivity index (χ1v) is 6.45. The Hall–Kier alpha value is -2.69. The minimum Gasteiger partial charge on any atom is -0.508 e. The summed E-state index contributed by atoms with van der Waals surface area (Å²) in [5.41, 5.74) is 0.783. The molecule has 1 unspecified atom stereocenters. The van der Waals surface area contributed by atoms with Crippen LogP contribution in [0.25, 0.3) is 0 Å². The summed E-state index contributed by atoms with van der Waals surface area (Å²) in [5, 5.41) is 18.3. The van der Waals surface area contributed by atoms with Gasteiger partial charge in [-0.1, -0.05) is 12.1 Å². The van der Waals surface area contributed by atoms with E-state index in [-0.39, 0.29) is 18.1 Å². The second-order valence-electron chi connectivity index (χ2n) is 4.51. The number of phenolic OH excluding ortho intramolecular Hbond substituents is 2. The van der Waals surface area contributed by atoms with Gasteiger partial charge in [0.15, 0.2) is 6.61 Å². The quantitative estimate of drug-likeness (QED) is 0.827. The van der Waals surface area contributed by atoms with Crippen molar-refractivity contribution in [3.8, 4) is 17.2 Å². The van der Waals surface area contributed by atoms with Crippen LogP contribution in [0.2, 0.25) is 0 Å². The van der Waals surface area contributed by atoms with Gasteiger partial charge in [-0.15, -0.1) is 0 Å². The molecule has 2 rings (SSSR count). The van der Waals surface area contributed by atoms with Gasteiger partial charge in [0.2, 0.25) is 0 Å². The Bertz CT molecular complexity index is 589. The Balaban J connectivity index is 1.83. The Morgan fingerprint density at radius 3 is 2.10 bits per heavy atom. The summed E-state index contributed by atoms with van der Waals surface area (Å²) >= 11 is 0. The zero-order chi connectivity index (χ0) is 15.2. The molecule has 0 amide bonds. The predicted molar refractivity (Wildman–Crippen MR) is 76.2 cm³/mol. The maximum absolute atomic E-state index is 11.7. The van der Waals surface area contributed by atoms with E-state index >= 15 is 0 Å². The summed E-state index contributed by atoms with van der Waals surface area (Å²) in [5.74, 6) is 0.268. The zero-order valence-electron chi connectivity index (χ0n) is 11.5. The standard InChI is InChI=1S/C16H16O5/c1-11(12-2-4-13(17)5-3-12)21-16(19)10-20-15-8-6-14(18)7-9-15/h2-9,11,17-18H,10H2,1H3. The molecule has 0 spiro atoms. The maximum Gasteiger partial charge on any atom is 0.344 e. The molecule has 0 fully saturated rings. The molecule has 0 aliphatic rings. The van der Waals surface area contributed by atoms with Crippen molar-refractivity contribution in [2.24, 2.45) is 0 Å². The number of aromatic hydroxyl groups is 2. The molecule has 21 heavy (non-hydrogen) atoms. The van der Waals surface area contributed by atoms with Gasteiger partial charge >= 0.3 is 5.97 Å². The minimum atomic E-state index is -0.497. The molecule has 2 aromatic carbocycles. The molecule has 0 bridgehead atoms. The van der Waals surface area contributed by atoms with Crippen molar-refractivity contribution >= 4 is 5.97 Å². The van der Waals surface area contributed by atoms with Crippen molar-refractivity contribution in [2.75, 3.05) is 6.61 Å². The summed E-state index contributed by atoms with van der Waals surface area (Å²) < 4.78 is 10.5. The molecule has 110 valence electrons. The van der Waals surface area contributed by atoms with Crippen LogP contribution in [0.15, 0.2) is 48.5 Å². The lowest BCUT2D eigenvalue weighted by molar-refractivity contribution is -0.151. The van der Waals surface area contributed by atoms with Crippen molar-refractivity contribution in [1.82, 2.24) is 0 Å². The molecule has 5 heteroatoms. The Morgan fingerprint density at radius 2 is 1.52 bits per heavy atom. The molecular weight excluding hydrogens is 272 g/mol. The number of benzene rings is 2. The van der Waals surface area contributed by atoms with E-state index in [9.17, 15) is 9.90 Å². The predicted octanol–water partition coefficient (Wildman–Crippen LogP) is 2.78. The van der Waals surface area contributed by atoms with Gasteiger partial charge < -0.3 is 19.7 Å². The first kappa shape index (κ1) is 14.7. The van der Waals surface area contributed by atoms with Gasteiger partial charge in [0.1, 0.15) is 23.4 Å². The van der Waals surface area contributed by atoms with Gasteiger partial charge in [-0.2, -0.15) is 0 Å². The third-order valence-corrected chi connectivity index (χ3v) is 2.86. The molecular formula is C16H16O5. The van der Waals surface area contributed by atoms with Gasteiger partial charge in [0.25, 0.3) is 0 Å². The van der Waals surface area contributed by atoms with E-state index < -0.39 is 12.1 Å². The highest BCUT2D eigenvalue weighted by Gasteiger charge is 2.12. The Morgan fingerprint density at radius 1 is 1.00 bits per heavy atom. The maximum atomic E-state index is 11.7. The minimum absolute atomic E-state index is 0.130. The number of hydrogen-bond acceptors (Lipinski definition) is 5. The molecule has 0 aromatic heterocycles. The van der Waals surface area contributed by atoms with Crippen LogP contribution in [0.3, 0.4) is 0 Å². The first-order chi connectivity index (χ1) is 10.0. The van der Waals surface area contributed by atoms with E-state index in [1.807, 2.05) is 0 Å². The summed E-state index contributed by atoms with van der Waals surface area (Å²) in [6, 6.07) is 12.5. The van der Waals surface area contributed by atoms with Crippen LogP contribution in [0, 0.1) is 0 Å². The monoisotopic (exact) mass is 288 g/mol. The fourth-order valence-electron chi connectivity index (χ4n) is 1.73. The second-order valence-corrected chi connectivity index (χ2v) is 4.51. The largest absolute Gasteiger partial charge is 0.508 e. The molecule has 5 nitrogen and oxygen atoms in total. The van der Waals surface area contributed by atoms with Crippen LogP contribution < -0.4 is 4.74 Å². The molecule has 0 saturated heterocycles. The topological polar surface area (TPSA) is 76.0 Å².